The highest BCUT2D eigenvalue weighted by molar-refractivity contribution is 6.02. The van der Waals surface area contributed by atoms with Gasteiger partial charge in [0.05, 0.1) is 5.56 Å². The molecule has 0 unspecified atom stereocenters. The van der Waals surface area contributed by atoms with Gasteiger partial charge in [-0.25, -0.2) is 0 Å². The SMILES string of the molecule is CN(C(=O)COc1ccc2c(c1)OCC2=O)C1CC1. The first-order chi connectivity index (χ1) is 9.15. The van der Waals surface area contributed by atoms with Crippen molar-refractivity contribution in [1.29, 1.82) is 0 Å². The summed E-state index contributed by atoms with van der Waals surface area (Å²) < 4.78 is 10.7. The molecule has 0 spiro atoms. The summed E-state index contributed by atoms with van der Waals surface area (Å²) in [6, 6.07) is 5.41. The summed E-state index contributed by atoms with van der Waals surface area (Å²) in [5.41, 5.74) is 0.578. The van der Waals surface area contributed by atoms with Gasteiger partial charge in [-0.15, -0.1) is 0 Å². The summed E-state index contributed by atoms with van der Waals surface area (Å²) >= 11 is 0. The molecule has 1 aliphatic heterocycles. The predicted octanol–water partition coefficient (Wildman–Crippen LogP) is 1.26. The Balaban J connectivity index is 1.61. The van der Waals surface area contributed by atoms with Gasteiger partial charge in [0.25, 0.3) is 5.91 Å². The molecule has 0 saturated heterocycles. The Morgan fingerprint density at radius 1 is 1.47 bits per heavy atom. The van der Waals surface area contributed by atoms with Crippen LogP contribution in [0.5, 0.6) is 11.5 Å². The Hall–Kier alpha value is -2.04. The number of hydrogen-bond acceptors (Lipinski definition) is 4. The van der Waals surface area contributed by atoms with Gasteiger partial charge in [0.15, 0.2) is 13.2 Å². The van der Waals surface area contributed by atoms with Gasteiger partial charge in [-0.05, 0) is 25.0 Å². The lowest BCUT2D eigenvalue weighted by Gasteiger charge is -2.16. The molecule has 1 amide bonds. The smallest absolute Gasteiger partial charge is 0.260 e. The fourth-order valence-corrected chi connectivity index (χ4v) is 2.08. The largest absolute Gasteiger partial charge is 0.485 e. The molecule has 5 nitrogen and oxygen atoms in total. The van der Waals surface area contributed by atoms with E-state index in [1.165, 1.54) is 0 Å². The van der Waals surface area contributed by atoms with E-state index in [-0.39, 0.29) is 24.9 Å². The van der Waals surface area contributed by atoms with Crippen molar-refractivity contribution in [1.82, 2.24) is 4.90 Å². The quantitative estimate of drug-likeness (QED) is 0.818. The number of carbonyl (C=O) groups is 2. The Morgan fingerprint density at radius 3 is 3.00 bits per heavy atom. The lowest BCUT2D eigenvalue weighted by atomic mass is 10.1. The van der Waals surface area contributed by atoms with Crippen molar-refractivity contribution in [2.24, 2.45) is 0 Å². The van der Waals surface area contributed by atoms with Gasteiger partial charge in [0.1, 0.15) is 11.5 Å². The normalized spacial score (nSPS) is 16.8. The monoisotopic (exact) mass is 261 g/mol. The number of Topliss-reactive ketones (excluding diaryl/α,β-unsaturated/α-hetero) is 1. The van der Waals surface area contributed by atoms with E-state index in [0.717, 1.165) is 12.8 Å². The van der Waals surface area contributed by atoms with Crippen LogP contribution in [-0.4, -0.2) is 42.9 Å². The minimum absolute atomic E-state index is 0.0136. The zero-order chi connectivity index (χ0) is 13.4. The van der Waals surface area contributed by atoms with E-state index < -0.39 is 0 Å². The maximum absolute atomic E-state index is 11.8. The highest BCUT2D eigenvalue weighted by Crippen LogP contribution is 2.29. The number of ketones is 1. The number of hydrogen-bond donors (Lipinski definition) is 0. The molecule has 19 heavy (non-hydrogen) atoms. The summed E-state index contributed by atoms with van der Waals surface area (Å²) in [4.78, 5) is 24.9. The second-order valence-corrected chi connectivity index (χ2v) is 4.89. The van der Waals surface area contributed by atoms with Gasteiger partial charge in [-0.3, -0.25) is 9.59 Å². The average Bonchev–Trinajstić information content (AvgIpc) is 3.20. The van der Waals surface area contributed by atoms with Crippen LogP contribution in [-0.2, 0) is 4.79 Å². The number of carbonyl (C=O) groups excluding carboxylic acids is 2. The van der Waals surface area contributed by atoms with Crippen molar-refractivity contribution in [3.8, 4) is 11.5 Å². The van der Waals surface area contributed by atoms with Crippen LogP contribution in [0, 0.1) is 0 Å². The van der Waals surface area contributed by atoms with Crippen LogP contribution in [0.2, 0.25) is 0 Å². The molecule has 1 fully saturated rings. The Morgan fingerprint density at radius 2 is 2.26 bits per heavy atom. The van der Waals surface area contributed by atoms with Gasteiger partial charge in [-0.2, -0.15) is 0 Å². The molecule has 0 aromatic heterocycles. The summed E-state index contributed by atoms with van der Waals surface area (Å²) in [7, 11) is 1.80. The van der Waals surface area contributed by atoms with Gasteiger partial charge < -0.3 is 14.4 Å². The third-order valence-corrected chi connectivity index (χ3v) is 3.46. The lowest BCUT2D eigenvalue weighted by Crippen LogP contribution is -2.33. The van der Waals surface area contributed by atoms with Crippen LogP contribution < -0.4 is 9.47 Å². The molecule has 3 rings (SSSR count). The van der Waals surface area contributed by atoms with Crippen LogP contribution in [0.4, 0.5) is 0 Å². The van der Waals surface area contributed by atoms with Crippen molar-refractivity contribution >= 4 is 11.7 Å². The van der Waals surface area contributed by atoms with E-state index in [1.54, 1.807) is 30.1 Å². The highest BCUT2D eigenvalue weighted by Gasteiger charge is 2.29. The van der Waals surface area contributed by atoms with E-state index in [9.17, 15) is 9.59 Å². The predicted molar refractivity (Wildman–Crippen MR) is 67.6 cm³/mol. The zero-order valence-electron chi connectivity index (χ0n) is 10.7. The highest BCUT2D eigenvalue weighted by atomic mass is 16.5. The number of benzene rings is 1. The Kier molecular flexibility index (Phi) is 2.89. The molecule has 1 heterocycles. The minimum atomic E-state index is -0.0278. The fraction of sp³-hybridized carbons (Fsp3) is 0.429. The van der Waals surface area contributed by atoms with Crippen LogP contribution in [0.25, 0.3) is 0 Å². The zero-order valence-corrected chi connectivity index (χ0v) is 10.7. The first-order valence-electron chi connectivity index (χ1n) is 6.33. The van der Waals surface area contributed by atoms with E-state index in [1.807, 2.05) is 0 Å². The molecule has 100 valence electrons. The van der Waals surface area contributed by atoms with Crippen molar-refractivity contribution < 1.29 is 19.1 Å². The van der Waals surface area contributed by atoms with Gasteiger partial charge >= 0.3 is 0 Å². The summed E-state index contributed by atoms with van der Waals surface area (Å²) in [6.07, 6.45) is 2.16. The van der Waals surface area contributed by atoms with Crippen LogP contribution in [0.15, 0.2) is 18.2 Å². The van der Waals surface area contributed by atoms with Crippen LogP contribution >= 0.6 is 0 Å². The van der Waals surface area contributed by atoms with Gasteiger partial charge in [-0.1, -0.05) is 0 Å². The number of nitrogens with zero attached hydrogens (tertiary/aromatic N) is 1. The molecule has 1 aliphatic carbocycles. The second kappa shape index (κ2) is 4.57. The first kappa shape index (κ1) is 12.0. The third kappa shape index (κ3) is 2.41. The van der Waals surface area contributed by atoms with Crippen molar-refractivity contribution in [2.75, 3.05) is 20.3 Å². The van der Waals surface area contributed by atoms with Crippen molar-refractivity contribution in [3.05, 3.63) is 23.8 Å². The maximum atomic E-state index is 11.8. The number of ether oxygens (including phenoxy) is 2. The molecule has 1 aromatic carbocycles. The van der Waals surface area contributed by atoms with E-state index >= 15 is 0 Å². The summed E-state index contributed by atoms with van der Waals surface area (Å²) in [5.74, 6) is 1.03. The number of rotatable bonds is 4. The third-order valence-electron chi connectivity index (χ3n) is 3.46. The topological polar surface area (TPSA) is 55.8 Å². The molecule has 2 aliphatic rings. The minimum Gasteiger partial charge on any atom is -0.485 e. The van der Waals surface area contributed by atoms with Crippen LogP contribution in [0.3, 0.4) is 0 Å². The summed E-state index contributed by atoms with van der Waals surface area (Å²) in [6.45, 7) is 0.0991. The Bertz CT molecular complexity index is 536. The van der Waals surface area contributed by atoms with E-state index in [4.69, 9.17) is 9.47 Å². The van der Waals surface area contributed by atoms with Crippen LogP contribution in [0.1, 0.15) is 23.2 Å². The van der Waals surface area contributed by atoms with Gasteiger partial charge in [0.2, 0.25) is 5.78 Å². The molecule has 0 N–H and O–H groups in total. The van der Waals surface area contributed by atoms with E-state index in [0.29, 0.717) is 23.1 Å². The van der Waals surface area contributed by atoms with Crippen molar-refractivity contribution in [3.63, 3.8) is 0 Å². The molecule has 1 aromatic rings. The maximum Gasteiger partial charge on any atom is 0.260 e. The molecule has 1 saturated carbocycles. The average molecular weight is 261 g/mol. The second-order valence-electron chi connectivity index (χ2n) is 4.89. The van der Waals surface area contributed by atoms with Crippen molar-refractivity contribution in [2.45, 2.75) is 18.9 Å². The molecule has 0 bridgehead atoms. The van der Waals surface area contributed by atoms with E-state index in [2.05, 4.69) is 0 Å². The standard InChI is InChI=1S/C14H15NO4/c1-15(9-2-3-9)14(17)8-18-10-4-5-11-12(16)7-19-13(11)6-10/h4-6,9H,2-3,7-8H2,1H3. The molecule has 5 heteroatoms. The number of amides is 1. The molecule has 0 radical (unpaired) electrons. The Labute approximate surface area is 111 Å². The number of fused-ring (bicyclic) bond motifs is 1. The fourth-order valence-electron chi connectivity index (χ4n) is 2.08. The molecular formula is C14H15NO4. The first-order valence-corrected chi connectivity index (χ1v) is 6.33. The lowest BCUT2D eigenvalue weighted by molar-refractivity contribution is -0.132. The number of likely N-dealkylation sites (N-methyl/N-ethyl adjacent to an activating group) is 1. The van der Waals surface area contributed by atoms with Gasteiger partial charge in [0, 0.05) is 19.2 Å². The molecule has 0 atom stereocenters. The summed E-state index contributed by atoms with van der Waals surface area (Å²) in [5, 5.41) is 0. The molecular weight excluding hydrogens is 246 g/mol.